The van der Waals surface area contributed by atoms with E-state index in [1.807, 2.05) is 24.3 Å². The third-order valence-corrected chi connectivity index (χ3v) is 5.58. The number of carbonyl (C=O) groups is 2. The molecule has 2 aromatic rings. The lowest BCUT2D eigenvalue weighted by atomic mass is 10.1. The first-order chi connectivity index (χ1) is 16.5. The zero-order chi connectivity index (χ0) is 24.8. The molecule has 2 aromatic carbocycles. The van der Waals surface area contributed by atoms with Crippen LogP contribution in [0, 0.1) is 11.8 Å². The Hall–Kier alpha value is -3.06. The van der Waals surface area contributed by atoms with E-state index < -0.39 is 0 Å². The minimum atomic E-state index is -0.283. The molecule has 0 amide bonds. The van der Waals surface area contributed by atoms with Crippen LogP contribution in [-0.4, -0.2) is 24.1 Å². The van der Waals surface area contributed by atoms with E-state index in [0.717, 1.165) is 62.5 Å². The summed E-state index contributed by atoms with van der Waals surface area (Å²) in [5, 5.41) is 0. The molecule has 0 unspecified atom stereocenters. The van der Waals surface area contributed by atoms with Crippen molar-refractivity contribution in [3.63, 3.8) is 0 Å². The second kappa shape index (κ2) is 15.0. The van der Waals surface area contributed by atoms with E-state index in [1.165, 1.54) is 0 Å². The molecule has 0 fully saturated rings. The molecule has 0 aliphatic rings. The molecule has 0 N–H and O–H groups in total. The van der Waals surface area contributed by atoms with Gasteiger partial charge in [-0.1, -0.05) is 65.2 Å². The molecule has 0 bridgehead atoms. The van der Waals surface area contributed by atoms with Crippen molar-refractivity contribution in [2.24, 2.45) is 0 Å². The molecule has 4 heteroatoms. The minimum Gasteiger partial charge on any atom is -0.459 e. The molecule has 0 spiro atoms. The molecule has 34 heavy (non-hydrogen) atoms. The number of hydrogen-bond acceptors (Lipinski definition) is 4. The fourth-order valence-corrected chi connectivity index (χ4v) is 3.77. The average Bonchev–Trinajstić information content (AvgIpc) is 2.84. The third-order valence-electron chi connectivity index (χ3n) is 5.58. The van der Waals surface area contributed by atoms with Crippen LogP contribution < -0.4 is 0 Å². The van der Waals surface area contributed by atoms with Gasteiger partial charge >= 0.3 is 11.9 Å². The average molecular weight is 463 g/mol. The first-order valence-corrected chi connectivity index (χ1v) is 12.6. The molecular formula is C30H38O4. The molecular weight excluding hydrogens is 424 g/mol. The predicted octanol–water partition coefficient (Wildman–Crippen LogP) is 7.34. The van der Waals surface area contributed by atoms with Crippen molar-refractivity contribution in [1.29, 1.82) is 0 Å². The molecule has 0 saturated heterocycles. The van der Waals surface area contributed by atoms with Gasteiger partial charge in [0.1, 0.15) is 12.2 Å². The van der Waals surface area contributed by atoms with Crippen LogP contribution >= 0.6 is 0 Å². The molecule has 0 atom stereocenters. The van der Waals surface area contributed by atoms with Crippen LogP contribution in [0.25, 0.3) is 0 Å². The molecule has 182 valence electrons. The number of hydrogen-bond donors (Lipinski definition) is 0. The third kappa shape index (κ3) is 9.06. The highest BCUT2D eigenvalue weighted by Gasteiger charge is 2.15. The van der Waals surface area contributed by atoms with E-state index in [9.17, 15) is 9.59 Å². The van der Waals surface area contributed by atoms with Crippen LogP contribution in [0.5, 0.6) is 0 Å². The Kier molecular flexibility index (Phi) is 12.0. The molecule has 2 rings (SSSR count). The normalized spacial score (nSPS) is 10.6. The van der Waals surface area contributed by atoms with Crippen LogP contribution in [-0.2, 0) is 9.47 Å². The lowest BCUT2D eigenvalue weighted by Gasteiger charge is -2.16. The van der Waals surface area contributed by atoms with E-state index in [-0.39, 0.29) is 24.1 Å². The lowest BCUT2D eigenvalue weighted by molar-refractivity contribution is 0.0248. The monoisotopic (exact) mass is 462 g/mol. The largest absolute Gasteiger partial charge is 0.459 e. The summed E-state index contributed by atoms with van der Waals surface area (Å²) < 4.78 is 11.3. The van der Waals surface area contributed by atoms with E-state index in [2.05, 4.69) is 39.5 Å². The van der Waals surface area contributed by atoms with E-state index >= 15 is 0 Å². The topological polar surface area (TPSA) is 52.6 Å². The van der Waals surface area contributed by atoms with Crippen LogP contribution in [0.3, 0.4) is 0 Å². The molecule has 0 heterocycles. The van der Waals surface area contributed by atoms with Crippen molar-refractivity contribution >= 4 is 11.9 Å². The van der Waals surface area contributed by atoms with Crippen molar-refractivity contribution in [3.8, 4) is 11.8 Å². The molecule has 0 aliphatic heterocycles. The number of benzene rings is 2. The number of esters is 2. The predicted molar refractivity (Wildman–Crippen MR) is 137 cm³/mol. The highest BCUT2D eigenvalue weighted by atomic mass is 16.5. The lowest BCUT2D eigenvalue weighted by Crippen LogP contribution is -2.18. The fourth-order valence-electron chi connectivity index (χ4n) is 3.77. The van der Waals surface area contributed by atoms with Crippen LogP contribution in [0.15, 0.2) is 48.5 Å². The highest BCUT2D eigenvalue weighted by Crippen LogP contribution is 2.15. The Morgan fingerprint density at radius 1 is 0.588 bits per heavy atom. The Morgan fingerprint density at radius 3 is 1.15 bits per heavy atom. The first kappa shape index (κ1) is 27.2. The fraction of sp³-hybridized carbons (Fsp3) is 0.467. The van der Waals surface area contributed by atoms with Gasteiger partial charge < -0.3 is 9.47 Å². The Labute approximate surface area is 205 Å². The maximum atomic E-state index is 12.4. The second-order valence-electron chi connectivity index (χ2n) is 8.61. The summed E-state index contributed by atoms with van der Waals surface area (Å²) in [6.45, 7) is 8.39. The summed E-state index contributed by atoms with van der Waals surface area (Å²) in [4.78, 5) is 24.9. The van der Waals surface area contributed by atoms with E-state index in [0.29, 0.717) is 11.1 Å². The summed E-state index contributed by atoms with van der Waals surface area (Å²) in [5.74, 6) is 5.64. The summed E-state index contributed by atoms with van der Waals surface area (Å²) in [6.07, 6.45) is 7.47. The number of carbonyl (C=O) groups excluding carboxylic acids is 2. The Balaban J connectivity index is 1.98. The summed E-state index contributed by atoms with van der Waals surface area (Å²) in [6, 6.07) is 14.3. The molecule has 0 aromatic heterocycles. The van der Waals surface area contributed by atoms with Crippen molar-refractivity contribution in [3.05, 3.63) is 70.8 Å². The zero-order valence-corrected chi connectivity index (χ0v) is 21.1. The summed E-state index contributed by atoms with van der Waals surface area (Å²) in [5.41, 5.74) is 2.69. The highest BCUT2D eigenvalue weighted by molar-refractivity contribution is 5.90. The zero-order valence-electron chi connectivity index (χ0n) is 21.1. The SMILES string of the molecule is CCCC(CCC)OC(=O)c1ccc(C#Cc2ccc(C(=O)OC(CCC)CCC)cc2)cc1. The Bertz CT molecular complexity index is 859. The van der Waals surface area contributed by atoms with Crippen molar-refractivity contribution in [1.82, 2.24) is 0 Å². The Morgan fingerprint density at radius 2 is 0.882 bits per heavy atom. The van der Waals surface area contributed by atoms with Gasteiger partial charge in [-0.05, 0) is 74.2 Å². The van der Waals surface area contributed by atoms with E-state index in [1.54, 1.807) is 24.3 Å². The van der Waals surface area contributed by atoms with Gasteiger partial charge in [0.15, 0.2) is 0 Å². The van der Waals surface area contributed by atoms with Gasteiger partial charge in [-0.25, -0.2) is 9.59 Å². The van der Waals surface area contributed by atoms with Crippen LogP contribution in [0.2, 0.25) is 0 Å². The second-order valence-corrected chi connectivity index (χ2v) is 8.61. The number of ether oxygens (including phenoxy) is 2. The smallest absolute Gasteiger partial charge is 0.338 e. The first-order valence-electron chi connectivity index (χ1n) is 12.6. The minimum absolute atomic E-state index is 0.0219. The molecule has 4 nitrogen and oxygen atoms in total. The van der Waals surface area contributed by atoms with Gasteiger partial charge in [0.05, 0.1) is 11.1 Å². The maximum absolute atomic E-state index is 12.4. The summed E-state index contributed by atoms with van der Waals surface area (Å²) >= 11 is 0. The molecule has 0 aliphatic carbocycles. The van der Waals surface area contributed by atoms with E-state index in [4.69, 9.17) is 9.47 Å². The van der Waals surface area contributed by atoms with Crippen LogP contribution in [0.4, 0.5) is 0 Å². The van der Waals surface area contributed by atoms with Gasteiger partial charge in [0, 0.05) is 11.1 Å². The van der Waals surface area contributed by atoms with Gasteiger partial charge in [-0.3, -0.25) is 0 Å². The van der Waals surface area contributed by atoms with Gasteiger partial charge in [0.25, 0.3) is 0 Å². The van der Waals surface area contributed by atoms with Gasteiger partial charge in [-0.2, -0.15) is 0 Å². The van der Waals surface area contributed by atoms with Crippen molar-refractivity contribution < 1.29 is 19.1 Å². The number of rotatable bonds is 12. The van der Waals surface area contributed by atoms with Crippen molar-refractivity contribution in [2.45, 2.75) is 91.3 Å². The maximum Gasteiger partial charge on any atom is 0.338 e. The van der Waals surface area contributed by atoms with Crippen molar-refractivity contribution in [2.75, 3.05) is 0 Å². The van der Waals surface area contributed by atoms with Crippen LogP contribution in [0.1, 0.15) is 111 Å². The van der Waals surface area contributed by atoms with Gasteiger partial charge in [-0.15, -0.1) is 0 Å². The molecule has 0 radical (unpaired) electrons. The summed E-state index contributed by atoms with van der Waals surface area (Å²) in [7, 11) is 0. The standard InChI is InChI=1S/C30H38O4/c1-5-9-27(10-6-2)33-29(31)25-19-15-23(16-20-25)13-14-24-17-21-26(22-18-24)30(32)34-28(11-7-3)12-8-4/h15-22,27-28H,5-12H2,1-4H3. The van der Waals surface area contributed by atoms with Gasteiger partial charge in [0.2, 0.25) is 0 Å². The molecule has 0 saturated carbocycles. The quantitative estimate of drug-likeness (QED) is 0.245.